The molecule has 14 heteroatoms. The number of piperidine rings is 1. The zero-order valence-electron chi connectivity index (χ0n) is 23.2. The molecule has 0 aliphatic carbocycles. The molecule has 4 rings (SSSR count). The van der Waals surface area contributed by atoms with E-state index >= 15 is 0 Å². The Bertz CT molecular complexity index is 1170. The maximum absolute atomic E-state index is 14.3. The molecule has 0 radical (unpaired) electrons. The van der Waals surface area contributed by atoms with Crippen molar-refractivity contribution in [1.29, 1.82) is 0 Å². The van der Waals surface area contributed by atoms with Crippen LogP contribution >= 0.6 is 22.9 Å². The number of hydrogen-bond acceptors (Lipinski definition) is 10. The molecule has 1 aromatic carbocycles. The Morgan fingerprint density at radius 2 is 2.15 bits per heavy atom. The second-order valence-corrected chi connectivity index (χ2v) is 10.4. The number of esters is 1. The summed E-state index contributed by atoms with van der Waals surface area (Å²) in [5.74, 6) is -3.11. The lowest BCUT2D eigenvalue weighted by molar-refractivity contribution is -0.138. The molecule has 1 atom stereocenters. The number of amidine groups is 1. The number of halogens is 4. The first-order valence-corrected chi connectivity index (χ1v) is 14.1. The molecule has 1 unspecified atom stereocenters. The fraction of sp³-hybridized carbons (Fsp3) is 0.481. The van der Waals surface area contributed by atoms with Crippen molar-refractivity contribution in [3.8, 4) is 0 Å². The van der Waals surface area contributed by atoms with Crippen molar-refractivity contribution in [2.75, 3.05) is 53.5 Å². The number of thiazole rings is 1. The molecule has 2 aliphatic heterocycles. The number of aliphatic hydroxyl groups excluding tert-OH is 1. The number of aromatic nitrogens is 1. The normalized spacial score (nSPS) is 18.3. The number of aliphatic hydroxyl groups is 1. The van der Waals surface area contributed by atoms with Crippen molar-refractivity contribution in [3.05, 3.63) is 63.0 Å². The van der Waals surface area contributed by atoms with Crippen molar-refractivity contribution in [3.63, 3.8) is 0 Å². The van der Waals surface area contributed by atoms with Crippen LogP contribution in [0.1, 0.15) is 24.8 Å². The molecule has 0 amide bonds. The van der Waals surface area contributed by atoms with Gasteiger partial charge in [-0.1, -0.05) is 17.7 Å². The molecule has 226 valence electrons. The molecule has 3 heterocycles. The van der Waals surface area contributed by atoms with Crippen LogP contribution < -0.4 is 5.32 Å². The predicted molar refractivity (Wildman–Crippen MR) is 153 cm³/mol. The maximum Gasteiger partial charge on any atom is 0.337 e. The number of aliphatic imine (C=N–C) groups is 1. The molecule has 41 heavy (non-hydrogen) atoms. The summed E-state index contributed by atoms with van der Waals surface area (Å²) in [6.07, 6.45) is 2.54. The van der Waals surface area contributed by atoms with Gasteiger partial charge >= 0.3 is 5.97 Å². The predicted octanol–water partition coefficient (Wildman–Crippen LogP) is 3.63. The smallest absolute Gasteiger partial charge is 0.337 e. The fourth-order valence-electron chi connectivity index (χ4n) is 4.20. The summed E-state index contributed by atoms with van der Waals surface area (Å²) in [7, 11) is 2.79. The van der Waals surface area contributed by atoms with Crippen molar-refractivity contribution in [1.82, 2.24) is 20.1 Å². The Kier molecular flexibility index (Phi) is 14.4. The van der Waals surface area contributed by atoms with Gasteiger partial charge < -0.3 is 20.0 Å². The van der Waals surface area contributed by atoms with E-state index in [0.717, 1.165) is 13.4 Å². The second-order valence-electron chi connectivity index (χ2n) is 9.09. The van der Waals surface area contributed by atoms with Crippen molar-refractivity contribution < 1.29 is 32.6 Å². The van der Waals surface area contributed by atoms with Gasteiger partial charge in [-0.25, -0.2) is 22.9 Å². The minimum absolute atomic E-state index is 0.0933. The number of aldehydes is 1. The van der Waals surface area contributed by atoms with Gasteiger partial charge in [-0.2, -0.15) is 0 Å². The molecule has 1 aromatic heterocycles. The van der Waals surface area contributed by atoms with Crippen LogP contribution in [0.4, 0.5) is 13.2 Å². The summed E-state index contributed by atoms with van der Waals surface area (Å²) < 4.78 is 45.8. The third kappa shape index (κ3) is 11.2. The number of nitrogens with zero attached hydrogens (tertiary/aromatic N) is 4. The first-order valence-electron chi connectivity index (χ1n) is 12.8. The Balaban J connectivity index is 0.000000500. The number of alkyl halides is 2. The average Bonchev–Trinajstić information content (AvgIpc) is 3.47. The fourth-order valence-corrected chi connectivity index (χ4v) is 4.97. The number of nitrogens with one attached hydrogen (secondary N) is 1. The van der Waals surface area contributed by atoms with Crippen LogP contribution in [0.5, 0.6) is 0 Å². The molecular weight excluding hydrogens is 583 g/mol. The van der Waals surface area contributed by atoms with Gasteiger partial charge in [0.05, 0.1) is 31.8 Å². The number of likely N-dealkylation sites (tertiary alicyclic amines) is 1. The highest BCUT2D eigenvalue weighted by atomic mass is 35.5. The van der Waals surface area contributed by atoms with Gasteiger partial charge in [0.15, 0.2) is 10.8 Å². The van der Waals surface area contributed by atoms with Crippen LogP contribution in [0.2, 0.25) is 5.02 Å². The molecule has 2 aromatic rings. The minimum Gasteiger partial charge on any atom is -0.463 e. The lowest BCUT2D eigenvalue weighted by Crippen LogP contribution is -2.54. The van der Waals surface area contributed by atoms with Crippen molar-refractivity contribution in [2.45, 2.75) is 31.7 Å². The zero-order valence-corrected chi connectivity index (χ0v) is 24.7. The largest absolute Gasteiger partial charge is 0.463 e. The van der Waals surface area contributed by atoms with Gasteiger partial charge in [0, 0.05) is 55.0 Å². The van der Waals surface area contributed by atoms with Crippen molar-refractivity contribution >= 4 is 41.0 Å². The van der Waals surface area contributed by atoms with E-state index in [0.29, 0.717) is 40.1 Å². The maximum atomic E-state index is 14.3. The van der Waals surface area contributed by atoms with E-state index in [1.165, 1.54) is 23.5 Å². The van der Waals surface area contributed by atoms with Gasteiger partial charge in [0.2, 0.25) is 0 Å². The lowest BCUT2D eigenvalue weighted by atomic mass is 9.98. The Morgan fingerprint density at radius 1 is 1.39 bits per heavy atom. The standard InChI is InChI=1S/C20H27F2N5O3S.C6H4ClF.CH4O/c1-3-30-19(29)15-10-24-17(18-23-6-9-31-18)25-16(15)12-27-13-20(21,22)5-4-14(27)11-26(2)7-8-28;7-5-2-1-3-6(8)4-5;1-2/h6,8-9,14H,3-5,7,10-13H2,1-2H3,(H,24,25);1-4H;2H,1H3. The molecule has 0 spiro atoms. The third-order valence-electron chi connectivity index (χ3n) is 6.04. The average molecular weight is 618 g/mol. The number of likely N-dealkylation sites (N-methyl/N-ethyl adjacent to an activating group) is 1. The molecular formula is C27H35ClF3N5O4S. The highest BCUT2D eigenvalue weighted by Gasteiger charge is 2.41. The van der Waals surface area contributed by atoms with Crippen LogP contribution in [0.25, 0.3) is 0 Å². The first kappa shape index (κ1) is 34.4. The highest BCUT2D eigenvalue weighted by Crippen LogP contribution is 2.31. The van der Waals surface area contributed by atoms with Gasteiger partial charge in [-0.3, -0.25) is 14.8 Å². The number of ether oxygens (including phenoxy) is 1. The molecule has 1 saturated heterocycles. The first-order chi connectivity index (χ1) is 19.6. The molecule has 0 saturated carbocycles. The SMILES string of the molecule is CCOC(=O)C1=C(CN2CC(F)(F)CCC2CN(C)CC=O)NC(c2nccs2)=NC1.CO.Fc1cccc(Cl)c1. The van der Waals surface area contributed by atoms with E-state index in [2.05, 4.69) is 15.3 Å². The molecule has 2 N–H and O–H groups in total. The Hall–Kier alpha value is -2.84. The number of hydrogen-bond donors (Lipinski definition) is 2. The molecule has 1 fully saturated rings. The molecule has 2 aliphatic rings. The summed E-state index contributed by atoms with van der Waals surface area (Å²) in [6, 6.07) is 5.64. The van der Waals surface area contributed by atoms with E-state index in [-0.39, 0.29) is 44.5 Å². The van der Waals surface area contributed by atoms with E-state index in [4.69, 9.17) is 21.4 Å². The summed E-state index contributed by atoms with van der Waals surface area (Å²) >= 11 is 6.80. The highest BCUT2D eigenvalue weighted by molar-refractivity contribution is 7.11. The van der Waals surface area contributed by atoms with Crippen LogP contribution in [-0.4, -0.2) is 103 Å². The van der Waals surface area contributed by atoms with Crippen LogP contribution in [0.3, 0.4) is 0 Å². The monoisotopic (exact) mass is 617 g/mol. The summed E-state index contributed by atoms with van der Waals surface area (Å²) in [5, 5.41) is 13.0. The van der Waals surface area contributed by atoms with Gasteiger partial charge in [0.25, 0.3) is 5.92 Å². The number of carbonyl (C=O) groups is 2. The molecule has 0 bridgehead atoms. The van der Waals surface area contributed by atoms with E-state index in [9.17, 15) is 22.8 Å². The summed E-state index contributed by atoms with van der Waals surface area (Å²) in [4.78, 5) is 35.5. The van der Waals surface area contributed by atoms with Gasteiger partial charge in [0.1, 0.15) is 12.1 Å². The lowest BCUT2D eigenvalue weighted by Gasteiger charge is -2.41. The van der Waals surface area contributed by atoms with Gasteiger partial charge in [-0.05, 0) is 38.6 Å². The van der Waals surface area contributed by atoms with Crippen LogP contribution in [-0.2, 0) is 14.3 Å². The number of benzene rings is 1. The molecule has 9 nitrogen and oxygen atoms in total. The minimum atomic E-state index is -2.81. The quantitative estimate of drug-likeness (QED) is 0.325. The summed E-state index contributed by atoms with van der Waals surface area (Å²) in [5.41, 5.74) is 0.829. The van der Waals surface area contributed by atoms with Crippen molar-refractivity contribution in [2.24, 2.45) is 4.99 Å². The van der Waals surface area contributed by atoms with E-state index in [1.807, 2.05) is 10.3 Å². The Labute approximate surface area is 246 Å². The topological polar surface area (TPSA) is 107 Å². The van der Waals surface area contributed by atoms with E-state index in [1.54, 1.807) is 37.2 Å². The van der Waals surface area contributed by atoms with Gasteiger partial charge in [-0.15, -0.1) is 11.3 Å². The summed E-state index contributed by atoms with van der Waals surface area (Å²) in [6.45, 7) is 2.42. The number of carbonyl (C=O) groups excluding carboxylic acids is 2. The third-order valence-corrected chi connectivity index (χ3v) is 7.05. The van der Waals surface area contributed by atoms with E-state index < -0.39 is 18.4 Å². The second kappa shape index (κ2) is 17.2. The van der Waals surface area contributed by atoms with Crippen LogP contribution in [0, 0.1) is 5.82 Å². The zero-order chi connectivity index (χ0) is 30.4. The number of rotatable bonds is 9. The van der Waals surface area contributed by atoms with Crippen LogP contribution in [0.15, 0.2) is 52.1 Å². The Morgan fingerprint density at radius 3 is 2.73 bits per heavy atom.